The summed E-state index contributed by atoms with van der Waals surface area (Å²) in [6, 6.07) is 5.44. The van der Waals surface area contributed by atoms with Crippen molar-refractivity contribution in [1.29, 1.82) is 0 Å². The van der Waals surface area contributed by atoms with Crippen molar-refractivity contribution in [2.75, 3.05) is 26.0 Å². The summed E-state index contributed by atoms with van der Waals surface area (Å²) in [5.41, 5.74) is 0.712. The van der Waals surface area contributed by atoms with E-state index in [0.29, 0.717) is 15.7 Å². The molecule has 1 N–H and O–H groups in total. The maximum Gasteiger partial charge on any atom is 0.198 e. The Kier molecular flexibility index (Phi) is 4.36. The van der Waals surface area contributed by atoms with Gasteiger partial charge in [-0.1, -0.05) is 29.3 Å². The van der Waals surface area contributed by atoms with Crippen LogP contribution in [0.25, 0.3) is 0 Å². The van der Waals surface area contributed by atoms with Crippen molar-refractivity contribution in [1.82, 2.24) is 4.90 Å². The van der Waals surface area contributed by atoms with Crippen LogP contribution in [0.1, 0.15) is 12.8 Å². The summed E-state index contributed by atoms with van der Waals surface area (Å²) in [7, 11) is 3.90. The molecule has 1 saturated carbocycles. The number of nitrogens with zero attached hydrogens (tertiary/aromatic N) is 2. The lowest BCUT2D eigenvalue weighted by Gasteiger charge is -2.19. The largest absolute Gasteiger partial charge is 0.349 e. The molecule has 0 radical (unpaired) electrons. The Labute approximate surface area is 118 Å². The highest BCUT2D eigenvalue weighted by molar-refractivity contribution is 6.39. The topological polar surface area (TPSA) is 27.6 Å². The Hall–Kier alpha value is -0.930. The van der Waals surface area contributed by atoms with Crippen molar-refractivity contribution in [2.45, 2.75) is 12.8 Å². The van der Waals surface area contributed by atoms with Gasteiger partial charge < -0.3 is 10.2 Å². The molecule has 0 spiro atoms. The zero-order chi connectivity index (χ0) is 13.1. The van der Waals surface area contributed by atoms with Crippen molar-refractivity contribution in [3.63, 3.8) is 0 Å². The summed E-state index contributed by atoms with van der Waals surface area (Å²) in [5, 5.41) is 4.41. The molecule has 0 amide bonds. The monoisotopic (exact) mass is 285 g/mol. The van der Waals surface area contributed by atoms with Crippen molar-refractivity contribution >= 4 is 34.8 Å². The van der Waals surface area contributed by atoms with Crippen LogP contribution in [0.15, 0.2) is 23.2 Å². The molecule has 1 aliphatic rings. The van der Waals surface area contributed by atoms with Gasteiger partial charge in [0.2, 0.25) is 0 Å². The zero-order valence-electron chi connectivity index (χ0n) is 10.6. The van der Waals surface area contributed by atoms with Crippen LogP contribution in [-0.4, -0.2) is 31.5 Å². The molecule has 0 heterocycles. The fourth-order valence-electron chi connectivity index (χ4n) is 1.54. The fourth-order valence-corrected chi connectivity index (χ4v) is 2.03. The lowest BCUT2D eigenvalue weighted by Crippen LogP contribution is -2.30. The van der Waals surface area contributed by atoms with Gasteiger partial charge in [0.1, 0.15) is 0 Å². The molecule has 5 heteroatoms. The third-order valence-corrected chi connectivity index (χ3v) is 3.45. The molecule has 1 aromatic carbocycles. The number of hydrogen-bond donors (Lipinski definition) is 1. The third-order valence-electron chi connectivity index (χ3n) is 2.82. The number of para-hydroxylation sites is 1. The number of benzene rings is 1. The van der Waals surface area contributed by atoms with Crippen LogP contribution in [0.5, 0.6) is 0 Å². The molecule has 0 atom stereocenters. The summed E-state index contributed by atoms with van der Waals surface area (Å²) in [5.74, 6) is 1.54. The van der Waals surface area contributed by atoms with E-state index in [2.05, 4.69) is 10.3 Å². The molecule has 18 heavy (non-hydrogen) atoms. The van der Waals surface area contributed by atoms with E-state index < -0.39 is 0 Å². The minimum absolute atomic E-state index is 0.600. The molecule has 0 aliphatic heterocycles. The van der Waals surface area contributed by atoms with E-state index in [4.69, 9.17) is 23.2 Å². The molecule has 2 rings (SSSR count). The number of nitrogens with one attached hydrogen (secondary N) is 1. The molecule has 0 saturated heterocycles. The Balaban J connectivity index is 2.14. The first-order chi connectivity index (χ1) is 8.58. The first kappa shape index (κ1) is 13.5. The van der Waals surface area contributed by atoms with Gasteiger partial charge in [0.25, 0.3) is 0 Å². The predicted molar refractivity (Wildman–Crippen MR) is 78.8 cm³/mol. The Morgan fingerprint density at radius 3 is 2.44 bits per heavy atom. The van der Waals surface area contributed by atoms with E-state index in [1.807, 2.05) is 37.2 Å². The van der Waals surface area contributed by atoms with E-state index in [-0.39, 0.29) is 0 Å². The second-order valence-corrected chi connectivity index (χ2v) is 5.54. The predicted octanol–water partition coefficient (Wildman–Crippen LogP) is 3.73. The second-order valence-electron chi connectivity index (χ2n) is 4.72. The molecule has 0 aromatic heterocycles. The van der Waals surface area contributed by atoms with Gasteiger partial charge in [-0.3, -0.25) is 4.99 Å². The van der Waals surface area contributed by atoms with Crippen molar-refractivity contribution in [2.24, 2.45) is 10.9 Å². The van der Waals surface area contributed by atoms with Crippen LogP contribution in [-0.2, 0) is 0 Å². The van der Waals surface area contributed by atoms with Crippen LogP contribution in [0, 0.1) is 5.92 Å². The SMILES string of the molecule is CN(C)C(=NCC1CC1)Nc1c(Cl)cccc1Cl. The summed E-state index contributed by atoms with van der Waals surface area (Å²) in [4.78, 5) is 6.51. The molecular weight excluding hydrogens is 269 g/mol. The van der Waals surface area contributed by atoms with E-state index in [1.54, 1.807) is 0 Å². The molecule has 98 valence electrons. The molecule has 0 bridgehead atoms. The van der Waals surface area contributed by atoms with Crippen LogP contribution in [0.3, 0.4) is 0 Å². The molecule has 0 unspecified atom stereocenters. The van der Waals surface area contributed by atoms with Crippen LogP contribution in [0.4, 0.5) is 5.69 Å². The van der Waals surface area contributed by atoms with Gasteiger partial charge >= 0.3 is 0 Å². The number of hydrogen-bond acceptors (Lipinski definition) is 1. The van der Waals surface area contributed by atoms with E-state index in [9.17, 15) is 0 Å². The first-order valence-electron chi connectivity index (χ1n) is 6.00. The van der Waals surface area contributed by atoms with Crippen molar-refractivity contribution < 1.29 is 0 Å². The Bertz CT molecular complexity index is 433. The van der Waals surface area contributed by atoms with Gasteiger partial charge in [0.05, 0.1) is 15.7 Å². The maximum absolute atomic E-state index is 6.13. The minimum atomic E-state index is 0.600. The Morgan fingerprint density at radius 2 is 1.94 bits per heavy atom. The summed E-state index contributed by atoms with van der Waals surface area (Å²) >= 11 is 12.3. The van der Waals surface area contributed by atoms with Crippen molar-refractivity contribution in [3.8, 4) is 0 Å². The molecule has 3 nitrogen and oxygen atoms in total. The van der Waals surface area contributed by atoms with Crippen molar-refractivity contribution in [3.05, 3.63) is 28.2 Å². The standard InChI is InChI=1S/C13H17Cl2N3/c1-18(2)13(16-8-9-6-7-9)17-12-10(14)4-3-5-11(12)15/h3-5,9H,6-8H2,1-2H3,(H,16,17). The number of guanidine groups is 1. The number of anilines is 1. The highest BCUT2D eigenvalue weighted by Crippen LogP contribution is 2.31. The number of rotatable bonds is 3. The normalized spacial score (nSPS) is 15.7. The molecule has 1 fully saturated rings. The van der Waals surface area contributed by atoms with Gasteiger partial charge in [0, 0.05) is 20.6 Å². The third kappa shape index (κ3) is 3.53. The van der Waals surface area contributed by atoms with Crippen LogP contribution < -0.4 is 5.32 Å². The molecule has 1 aromatic rings. The fraction of sp³-hybridized carbons (Fsp3) is 0.462. The average molecular weight is 286 g/mol. The van der Waals surface area contributed by atoms with Gasteiger partial charge in [0.15, 0.2) is 5.96 Å². The number of aliphatic imine (C=N–C) groups is 1. The quantitative estimate of drug-likeness (QED) is 0.677. The van der Waals surface area contributed by atoms with Gasteiger partial charge in [-0.05, 0) is 30.9 Å². The maximum atomic E-state index is 6.13. The van der Waals surface area contributed by atoms with E-state index in [0.717, 1.165) is 18.4 Å². The second kappa shape index (κ2) is 5.81. The molecule has 1 aliphatic carbocycles. The van der Waals surface area contributed by atoms with E-state index >= 15 is 0 Å². The lowest BCUT2D eigenvalue weighted by atomic mass is 10.3. The summed E-state index contributed by atoms with van der Waals surface area (Å²) in [6.07, 6.45) is 2.58. The summed E-state index contributed by atoms with van der Waals surface area (Å²) in [6.45, 7) is 0.864. The number of halogens is 2. The van der Waals surface area contributed by atoms with Crippen LogP contribution >= 0.6 is 23.2 Å². The minimum Gasteiger partial charge on any atom is -0.349 e. The average Bonchev–Trinajstić information content (AvgIpc) is 3.11. The van der Waals surface area contributed by atoms with Crippen LogP contribution in [0.2, 0.25) is 10.0 Å². The molecular formula is C13H17Cl2N3. The lowest BCUT2D eigenvalue weighted by molar-refractivity contribution is 0.613. The van der Waals surface area contributed by atoms with Gasteiger partial charge in [-0.25, -0.2) is 0 Å². The van der Waals surface area contributed by atoms with Gasteiger partial charge in [-0.2, -0.15) is 0 Å². The van der Waals surface area contributed by atoms with Gasteiger partial charge in [-0.15, -0.1) is 0 Å². The Morgan fingerprint density at radius 1 is 1.33 bits per heavy atom. The first-order valence-corrected chi connectivity index (χ1v) is 6.76. The highest BCUT2D eigenvalue weighted by Gasteiger charge is 2.21. The highest BCUT2D eigenvalue weighted by atomic mass is 35.5. The zero-order valence-corrected chi connectivity index (χ0v) is 12.1. The summed E-state index contributed by atoms with van der Waals surface area (Å²) < 4.78 is 0. The van der Waals surface area contributed by atoms with E-state index in [1.165, 1.54) is 12.8 Å². The smallest absolute Gasteiger partial charge is 0.198 e.